The van der Waals surface area contributed by atoms with E-state index in [2.05, 4.69) is 10.3 Å². The zero-order chi connectivity index (χ0) is 8.55. The van der Waals surface area contributed by atoms with Crippen molar-refractivity contribution in [2.24, 2.45) is 0 Å². The first-order valence-electron chi connectivity index (χ1n) is 3.74. The van der Waals surface area contributed by atoms with Crippen molar-refractivity contribution in [2.75, 3.05) is 11.9 Å². The van der Waals surface area contributed by atoms with Crippen LogP contribution in [0.1, 0.15) is 15.9 Å². The molecule has 0 aromatic carbocycles. The number of halogens is 1. The second-order valence-corrected chi connectivity index (χ2v) is 2.67. The summed E-state index contributed by atoms with van der Waals surface area (Å²) in [7, 11) is 0. The smallest absolute Gasteiger partial charge is 0.336 e. The van der Waals surface area contributed by atoms with Gasteiger partial charge in [0.2, 0.25) is 0 Å². The largest absolute Gasteiger partial charge is 0.478 e. The van der Waals surface area contributed by atoms with E-state index < -0.39 is 5.97 Å². The number of hydrogen-bond donors (Lipinski definition) is 2. The van der Waals surface area contributed by atoms with E-state index in [1.807, 2.05) is 0 Å². The Hall–Kier alpha value is -1.29. The summed E-state index contributed by atoms with van der Waals surface area (Å²) in [6.07, 6.45) is 2.27. The van der Waals surface area contributed by atoms with Crippen LogP contribution in [0.4, 0.5) is 5.82 Å². The minimum absolute atomic E-state index is 0. The Morgan fingerprint density at radius 1 is 1.62 bits per heavy atom. The van der Waals surface area contributed by atoms with Gasteiger partial charge in [-0.25, -0.2) is 9.78 Å². The van der Waals surface area contributed by atoms with E-state index >= 15 is 0 Å². The molecule has 5 heteroatoms. The van der Waals surface area contributed by atoms with Gasteiger partial charge in [-0.15, -0.1) is 12.4 Å². The average Bonchev–Trinajstić information content (AvgIpc) is 2.49. The van der Waals surface area contributed by atoms with Crippen LogP contribution in [0.2, 0.25) is 0 Å². The number of hydrogen-bond acceptors (Lipinski definition) is 3. The number of aromatic nitrogens is 1. The topological polar surface area (TPSA) is 62.2 Å². The number of pyridine rings is 1. The lowest BCUT2D eigenvalue weighted by Crippen LogP contribution is -2.01. The van der Waals surface area contributed by atoms with Crippen LogP contribution in [-0.2, 0) is 6.42 Å². The molecule has 0 amide bonds. The standard InChI is InChI=1S/C8H8N2O2.ClH/c11-8(12)6-2-4-10-7-5(6)1-3-9-7;/h2,4H,1,3H2,(H,9,10)(H,11,12);1H. The van der Waals surface area contributed by atoms with Gasteiger partial charge in [0.15, 0.2) is 0 Å². The lowest BCUT2D eigenvalue weighted by Gasteiger charge is -2.00. The summed E-state index contributed by atoms with van der Waals surface area (Å²) in [5.41, 5.74) is 1.19. The van der Waals surface area contributed by atoms with Crippen molar-refractivity contribution in [1.29, 1.82) is 0 Å². The molecule has 13 heavy (non-hydrogen) atoms. The van der Waals surface area contributed by atoms with Crippen LogP contribution in [0.25, 0.3) is 0 Å². The summed E-state index contributed by atoms with van der Waals surface area (Å²) in [4.78, 5) is 14.7. The SMILES string of the molecule is Cl.O=C(O)c1ccnc2c1CCN2. The van der Waals surface area contributed by atoms with Gasteiger partial charge in [0.05, 0.1) is 5.56 Å². The Morgan fingerprint density at radius 2 is 2.38 bits per heavy atom. The van der Waals surface area contributed by atoms with Crippen molar-refractivity contribution in [2.45, 2.75) is 6.42 Å². The van der Waals surface area contributed by atoms with Gasteiger partial charge >= 0.3 is 5.97 Å². The van der Waals surface area contributed by atoms with E-state index in [0.29, 0.717) is 5.56 Å². The molecule has 70 valence electrons. The molecule has 0 atom stereocenters. The van der Waals surface area contributed by atoms with Gasteiger partial charge in [-0.05, 0) is 12.5 Å². The molecule has 1 aliphatic heterocycles. The third-order valence-corrected chi connectivity index (χ3v) is 1.95. The predicted molar refractivity (Wildman–Crippen MR) is 50.6 cm³/mol. The number of carboxylic acid groups (broad SMARTS) is 1. The number of rotatable bonds is 1. The molecular formula is C8H9ClN2O2. The van der Waals surface area contributed by atoms with Gasteiger partial charge in [0, 0.05) is 18.3 Å². The molecule has 2 heterocycles. The Kier molecular flexibility index (Phi) is 2.72. The molecule has 1 aromatic heterocycles. The maximum absolute atomic E-state index is 10.7. The Balaban J connectivity index is 0.000000845. The normalized spacial score (nSPS) is 12.6. The molecule has 0 saturated heterocycles. The summed E-state index contributed by atoms with van der Waals surface area (Å²) in [5.74, 6) is -0.160. The third-order valence-electron chi connectivity index (χ3n) is 1.95. The number of nitrogens with zero attached hydrogens (tertiary/aromatic N) is 1. The van der Waals surface area contributed by atoms with E-state index in [9.17, 15) is 4.79 Å². The average molecular weight is 201 g/mol. The van der Waals surface area contributed by atoms with Gasteiger partial charge in [0.1, 0.15) is 5.82 Å². The highest BCUT2D eigenvalue weighted by Gasteiger charge is 2.18. The van der Waals surface area contributed by atoms with Gasteiger partial charge in [-0.3, -0.25) is 0 Å². The molecule has 2 rings (SSSR count). The molecular weight excluding hydrogens is 192 g/mol. The van der Waals surface area contributed by atoms with Crippen LogP contribution in [0.5, 0.6) is 0 Å². The minimum Gasteiger partial charge on any atom is -0.478 e. The first-order valence-corrected chi connectivity index (χ1v) is 3.74. The highest BCUT2D eigenvalue weighted by Crippen LogP contribution is 2.22. The molecule has 0 fully saturated rings. The summed E-state index contributed by atoms with van der Waals surface area (Å²) >= 11 is 0. The van der Waals surface area contributed by atoms with Crippen molar-refractivity contribution >= 4 is 24.2 Å². The van der Waals surface area contributed by atoms with E-state index in [4.69, 9.17) is 5.11 Å². The number of aromatic carboxylic acids is 1. The van der Waals surface area contributed by atoms with Crippen molar-refractivity contribution < 1.29 is 9.90 Å². The molecule has 1 aliphatic rings. The van der Waals surface area contributed by atoms with Gasteiger partial charge in [-0.1, -0.05) is 0 Å². The molecule has 0 spiro atoms. The van der Waals surface area contributed by atoms with E-state index in [0.717, 1.165) is 24.3 Å². The maximum atomic E-state index is 10.7. The second kappa shape index (κ2) is 3.62. The molecule has 1 aromatic rings. The number of carboxylic acids is 1. The summed E-state index contributed by atoms with van der Waals surface area (Å²) in [6.45, 7) is 0.784. The minimum atomic E-state index is -0.877. The fourth-order valence-electron chi connectivity index (χ4n) is 1.40. The van der Waals surface area contributed by atoms with Crippen molar-refractivity contribution in [1.82, 2.24) is 4.98 Å². The highest BCUT2D eigenvalue weighted by molar-refractivity contribution is 5.91. The van der Waals surface area contributed by atoms with Gasteiger partial charge in [0.25, 0.3) is 0 Å². The first kappa shape index (κ1) is 9.80. The Morgan fingerprint density at radius 3 is 3.08 bits per heavy atom. The third kappa shape index (κ3) is 1.58. The molecule has 0 saturated carbocycles. The van der Waals surface area contributed by atoms with Gasteiger partial charge in [-0.2, -0.15) is 0 Å². The molecule has 0 unspecified atom stereocenters. The molecule has 4 nitrogen and oxygen atoms in total. The Labute approximate surface area is 81.4 Å². The zero-order valence-electron chi connectivity index (χ0n) is 6.78. The van der Waals surface area contributed by atoms with Crippen molar-refractivity contribution in [3.8, 4) is 0 Å². The van der Waals surface area contributed by atoms with E-state index in [-0.39, 0.29) is 12.4 Å². The molecule has 0 radical (unpaired) electrons. The lowest BCUT2D eigenvalue weighted by molar-refractivity contribution is 0.0696. The quantitative estimate of drug-likeness (QED) is 0.715. The van der Waals surface area contributed by atoms with E-state index in [1.165, 1.54) is 12.3 Å². The number of carbonyl (C=O) groups is 1. The predicted octanol–water partition coefficient (Wildman–Crippen LogP) is 1.17. The Bertz CT molecular complexity index is 341. The fraction of sp³-hybridized carbons (Fsp3) is 0.250. The molecule has 0 aliphatic carbocycles. The summed E-state index contributed by atoms with van der Waals surface area (Å²) in [5, 5.41) is 11.8. The fourth-order valence-corrected chi connectivity index (χ4v) is 1.40. The molecule has 2 N–H and O–H groups in total. The number of anilines is 1. The van der Waals surface area contributed by atoms with Crippen LogP contribution in [0.3, 0.4) is 0 Å². The van der Waals surface area contributed by atoms with E-state index in [1.54, 1.807) is 0 Å². The van der Waals surface area contributed by atoms with Crippen LogP contribution in [-0.4, -0.2) is 22.6 Å². The van der Waals surface area contributed by atoms with Crippen LogP contribution in [0, 0.1) is 0 Å². The van der Waals surface area contributed by atoms with Crippen LogP contribution in [0.15, 0.2) is 12.3 Å². The lowest BCUT2D eigenvalue weighted by atomic mass is 10.1. The number of nitrogens with one attached hydrogen (secondary N) is 1. The highest BCUT2D eigenvalue weighted by atomic mass is 35.5. The maximum Gasteiger partial charge on any atom is 0.336 e. The van der Waals surface area contributed by atoms with Crippen molar-refractivity contribution in [3.63, 3.8) is 0 Å². The van der Waals surface area contributed by atoms with Crippen molar-refractivity contribution in [3.05, 3.63) is 23.4 Å². The van der Waals surface area contributed by atoms with Crippen LogP contribution >= 0.6 is 12.4 Å². The molecule has 0 bridgehead atoms. The van der Waals surface area contributed by atoms with Gasteiger partial charge < -0.3 is 10.4 Å². The summed E-state index contributed by atoms with van der Waals surface area (Å²) in [6, 6.07) is 1.54. The first-order chi connectivity index (χ1) is 5.79. The summed E-state index contributed by atoms with van der Waals surface area (Å²) < 4.78 is 0. The zero-order valence-corrected chi connectivity index (χ0v) is 7.60. The second-order valence-electron chi connectivity index (χ2n) is 2.67. The van der Waals surface area contributed by atoms with Crippen LogP contribution < -0.4 is 5.32 Å². The monoisotopic (exact) mass is 200 g/mol. The number of fused-ring (bicyclic) bond motifs is 1.